The quantitative estimate of drug-likeness (QED) is 0.617. The van der Waals surface area contributed by atoms with Crippen molar-refractivity contribution in [1.29, 1.82) is 0 Å². The summed E-state index contributed by atoms with van der Waals surface area (Å²) in [7, 11) is 1.31. The van der Waals surface area contributed by atoms with Crippen LogP contribution in [0.2, 0.25) is 0 Å². The van der Waals surface area contributed by atoms with Crippen molar-refractivity contribution in [1.82, 2.24) is 15.0 Å². The molecule has 0 aliphatic rings. The van der Waals surface area contributed by atoms with Gasteiger partial charge in [0.1, 0.15) is 0 Å². The van der Waals surface area contributed by atoms with Gasteiger partial charge in [0.25, 0.3) is 0 Å². The maximum absolute atomic E-state index is 11.5. The highest BCUT2D eigenvalue weighted by Gasteiger charge is 2.16. The molecule has 4 N–H and O–H groups in total. The van der Waals surface area contributed by atoms with Gasteiger partial charge in [0.15, 0.2) is 5.88 Å². The molecular formula is C14H12N4O3. The van der Waals surface area contributed by atoms with Crippen LogP contribution in [0.5, 0.6) is 5.88 Å². The summed E-state index contributed by atoms with van der Waals surface area (Å²) in [6, 6.07) is 6.59. The standard InChI is InChI=1S/C14H12N4O3/c1-21-13(20)7-2-3-8-10(6-7)17-12(19)11(8)9-4-5-16-14(15)18-9/h2-6,17,19H,1H3,(H2,15,16,18). The molecule has 0 amide bonds. The first-order valence-corrected chi connectivity index (χ1v) is 6.12. The molecule has 0 saturated carbocycles. The second-order valence-corrected chi connectivity index (χ2v) is 4.40. The minimum atomic E-state index is -0.446. The van der Waals surface area contributed by atoms with Crippen LogP contribution in [0.3, 0.4) is 0 Å². The van der Waals surface area contributed by atoms with Gasteiger partial charge >= 0.3 is 5.97 Å². The van der Waals surface area contributed by atoms with Gasteiger partial charge in [-0.15, -0.1) is 0 Å². The minimum Gasteiger partial charge on any atom is -0.494 e. The average Bonchev–Trinajstić information content (AvgIpc) is 2.81. The molecule has 7 heteroatoms. The number of nitrogen functional groups attached to an aromatic ring is 1. The van der Waals surface area contributed by atoms with Gasteiger partial charge in [-0.05, 0) is 18.2 Å². The molecule has 0 spiro atoms. The largest absolute Gasteiger partial charge is 0.494 e. The summed E-state index contributed by atoms with van der Waals surface area (Å²) in [6.45, 7) is 0. The fourth-order valence-corrected chi connectivity index (χ4v) is 2.20. The third kappa shape index (κ3) is 2.14. The number of hydrogen-bond donors (Lipinski definition) is 3. The van der Waals surface area contributed by atoms with E-state index in [0.29, 0.717) is 22.3 Å². The van der Waals surface area contributed by atoms with E-state index in [1.54, 1.807) is 24.3 Å². The topological polar surface area (TPSA) is 114 Å². The number of aromatic amines is 1. The Hall–Kier alpha value is -3.09. The zero-order valence-corrected chi connectivity index (χ0v) is 11.1. The number of anilines is 1. The van der Waals surface area contributed by atoms with E-state index < -0.39 is 5.97 Å². The van der Waals surface area contributed by atoms with Crippen molar-refractivity contribution in [2.45, 2.75) is 0 Å². The Bertz CT molecular complexity index is 841. The van der Waals surface area contributed by atoms with Crippen molar-refractivity contribution in [2.75, 3.05) is 12.8 Å². The zero-order chi connectivity index (χ0) is 15.0. The Kier molecular flexibility index (Phi) is 2.94. The van der Waals surface area contributed by atoms with E-state index in [2.05, 4.69) is 19.7 Å². The first kappa shape index (κ1) is 12.9. The summed E-state index contributed by atoms with van der Waals surface area (Å²) >= 11 is 0. The van der Waals surface area contributed by atoms with E-state index in [1.165, 1.54) is 13.3 Å². The van der Waals surface area contributed by atoms with Crippen LogP contribution in [0, 0.1) is 0 Å². The lowest BCUT2D eigenvalue weighted by atomic mass is 10.1. The molecule has 0 fully saturated rings. The molecule has 3 rings (SSSR count). The number of carbonyl (C=O) groups excluding carboxylic acids is 1. The van der Waals surface area contributed by atoms with Crippen LogP contribution in [-0.2, 0) is 4.74 Å². The van der Waals surface area contributed by atoms with Crippen molar-refractivity contribution in [2.24, 2.45) is 0 Å². The number of nitrogens with two attached hydrogens (primary N) is 1. The van der Waals surface area contributed by atoms with Crippen LogP contribution < -0.4 is 5.73 Å². The lowest BCUT2D eigenvalue weighted by molar-refractivity contribution is 0.0601. The molecule has 1 aromatic carbocycles. The zero-order valence-electron chi connectivity index (χ0n) is 11.1. The highest BCUT2D eigenvalue weighted by molar-refractivity contribution is 6.01. The summed E-state index contributed by atoms with van der Waals surface area (Å²) < 4.78 is 4.67. The Morgan fingerprint density at radius 3 is 2.90 bits per heavy atom. The van der Waals surface area contributed by atoms with Crippen molar-refractivity contribution in [3.8, 4) is 17.1 Å². The molecule has 106 valence electrons. The third-order valence-corrected chi connectivity index (χ3v) is 3.13. The molecule has 0 atom stereocenters. The van der Waals surface area contributed by atoms with Crippen molar-refractivity contribution < 1.29 is 14.6 Å². The van der Waals surface area contributed by atoms with E-state index in [0.717, 1.165) is 5.39 Å². The number of rotatable bonds is 2. The molecule has 0 saturated heterocycles. The predicted molar refractivity (Wildman–Crippen MR) is 76.7 cm³/mol. The highest BCUT2D eigenvalue weighted by Crippen LogP contribution is 2.35. The van der Waals surface area contributed by atoms with E-state index in [-0.39, 0.29) is 11.8 Å². The molecule has 3 aromatic rings. The van der Waals surface area contributed by atoms with Gasteiger partial charge in [0.2, 0.25) is 5.95 Å². The molecule has 2 heterocycles. The van der Waals surface area contributed by atoms with E-state index in [9.17, 15) is 9.90 Å². The smallest absolute Gasteiger partial charge is 0.337 e. The van der Waals surface area contributed by atoms with Gasteiger partial charge in [-0.1, -0.05) is 6.07 Å². The number of carbonyl (C=O) groups is 1. The predicted octanol–water partition coefficient (Wildman–Crippen LogP) is 1.70. The summed E-state index contributed by atoms with van der Waals surface area (Å²) in [5, 5.41) is 10.8. The maximum atomic E-state index is 11.5. The number of aromatic hydroxyl groups is 1. The van der Waals surface area contributed by atoms with Crippen LogP contribution in [0.4, 0.5) is 5.95 Å². The van der Waals surface area contributed by atoms with Gasteiger partial charge < -0.3 is 20.6 Å². The van der Waals surface area contributed by atoms with Crippen LogP contribution >= 0.6 is 0 Å². The molecule has 0 aliphatic heterocycles. The molecule has 0 radical (unpaired) electrons. The number of fused-ring (bicyclic) bond motifs is 1. The van der Waals surface area contributed by atoms with Gasteiger partial charge in [0.05, 0.1) is 23.9 Å². The fourth-order valence-electron chi connectivity index (χ4n) is 2.20. The molecule has 7 nitrogen and oxygen atoms in total. The Morgan fingerprint density at radius 2 is 2.19 bits per heavy atom. The second-order valence-electron chi connectivity index (χ2n) is 4.40. The molecule has 0 bridgehead atoms. The number of nitrogens with one attached hydrogen (secondary N) is 1. The molecular weight excluding hydrogens is 272 g/mol. The number of nitrogens with zero attached hydrogens (tertiary/aromatic N) is 2. The van der Waals surface area contributed by atoms with Crippen molar-refractivity contribution in [3.63, 3.8) is 0 Å². The van der Waals surface area contributed by atoms with E-state index >= 15 is 0 Å². The first-order chi connectivity index (χ1) is 10.1. The van der Waals surface area contributed by atoms with Crippen LogP contribution in [0.15, 0.2) is 30.5 Å². The number of hydrogen-bond acceptors (Lipinski definition) is 6. The van der Waals surface area contributed by atoms with E-state index in [1.807, 2.05) is 0 Å². The lowest BCUT2D eigenvalue weighted by Crippen LogP contribution is -2.00. The third-order valence-electron chi connectivity index (χ3n) is 3.13. The lowest BCUT2D eigenvalue weighted by Gasteiger charge is -2.01. The van der Waals surface area contributed by atoms with Crippen LogP contribution in [0.25, 0.3) is 22.2 Å². The Balaban J connectivity index is 2.20. The van der Waals surface area contributed by atoms with Crippen LogP contribution in [0.1, 0.15) is 10.4 Å². The monoisotopic (exact) mass is 284 g/mol. The average molecular weight is 284 g/mol. The number of ether oxygens (including phenoxy) is 1. The maximum Gasteiger partial charge on any atom is 0.337 e. The Labute approximate surface area is 119 Å². The number of H-pyrrole nitrogens is 1. The minimum absolute atomic E-state index is 0.0508. The van der Waals surface area contributed by atoms with Crippen LogP contribution in [-0.4, -0.2) is 33.1 Å². The van der Waals surface area contributed by atoms with E-state index in [4.69, 9.17) is 5.73 Å². The number of aromatic nitrogens is 3. The number of methoxy groups -OCH3 is 1. The van der Waals surface area contributed by atoms with Gasteiger partial charge in [-0.25, -0.2) is 14.8 Å². The highest BCUT2D eigenvalue weighted by atomic mass is 16.5. The first-order valence-electron chi connectivity index (χ1n) is 6.12. The van der Waals surface area contributed by atoms with Gasteiger partial charge in [-0.3, -0.25) is 0 Å². The van der Waals surface area contributed by atoms with Crippen molar-refractivity contribution in [3.05, 3.63) is 36.0 Å². The van der Waals surface area contributed by atoms with Gasteiger partial charge in [0, 0.05) is 17.1 Å². The fraction of sp³-hybridized carbons (Fsp3) is 0.0714. The number of benzene rings is 1. The van der Waals surface area contributed by atoms with Gasteiger partial charge in [-0.2, -0.15) is 0 Å². The summed E-state index contributed by atoms with van der Waals surface area (Å²) in [5.74, 6) is -0.378. The molecule has 0 unspecified atom stereocenters. The molecule has 0 aliphatic carbocycles. The van der Waals surface area contributed by atoms with Crippen molar-refractivity contribution >= 4 is 22.8 Å². The Morgan fingerprint density at radius 1 is 1.38 bits per heavy atom. The summed E-state index contributed by atoms with van der Waals surface area (Å²) in [5.41, 5.74) is 7.56. The molecule has 21 heavy (non-hydrogen) atoms. The summed E-state index contributed by atoms with van der Waals surface area (Å²) in [6.07, 6.45) is 1.51. The second kappa shape index (κ2) is 4.78. The SMILES string of the molecule is COC(=O)c1ccc2c(-c3ccnc(N)n3)c(O)[nH]c2c1. The normalized spacial score (nSPS) is 10.7. The molecule has 2 aromatic heterocycles. The summed E-state index contributed by atoms with van der Waals surface area (Å²) in [4.78, 5) is 22.3. The number of esters is 1.